The van der Waals surface area contributed by atoms with Crippen LogP contribution < -0.4 is 0 Å². The Kier molecular flexibility index (Phi) is 0.803. The van der Waals surface area contributed by atoms with E-state index in [0.717, 1.165) is 5.52 Å². The van der Waals surface area contributed by atoms with Gasteiger partial charge >= 0.3 is 0 Å². The number of hydrogen-bond acceptors (Lipinski definition) is 1. The van der Waals surface area contributed by atoms with Gasteiger partial charge in [-0.3, -0.25) is 0 Å². The lowest BCUT2D eigenvalue weighted by molar-refractivity contribution is 0.961. The van der Waals surface area contributed by atoms with Crippen molar-refractivity contribution in [1.82, 2.24) is 9.61 Å². The molecule has 0 saturated heterocycles. The Bertz CT molecular complexity index is 281. The lowest BCUT2D eigenvalue weighted by atomic mass is 10.4. The van der Waals surface area contributed by atoms with Crippen molar-refractivity contribution in [3.8, 4) is 0 Å². The second-order valence-electron chi connectivity index (χ2n) is 1.90. The van der Waals surface area contributed by atoms with E-state index in [0.29, 0.717) is 0 Å². The molecule has 9 heavy (non-hydrogen) atoms. The predicted octanol–water partition coefficient (Wildman–Crippen LogP) is 1.33. The maximum atomic E-state index is 4.04. The van der Waals surface area contributed by atoms with Crippen molar-refractivity contribution in [2.45, 2.75) is 0 Å². The van der Waals surface area contributed by atoms with Gasteiger partial charge < -0.3 is 0 Å². The molecule has 0 radical (unpaired) electrons. The molecule has 2 heteroatoms. The van der Waals surface area contributed by atoms with Crippen molar-refractivity contribution in [3.63, 3.8) is 0 Å². The normalized spacial score (nSPS) is 10.2. The smallest absolute Gasteiger partial charge is 0.0661 e. The molecule has 0 saturated carbocycles. The summed E-state index contributed by atoms with van der Waals surface area (Å²) < 4.78 is 1.83. The molecule has 0 spiro atoms. The molecule has 0 unspecified atom stereocenters. The average molecular weight is 118 g/mol. The van der Waals surface area contributed by atoms with Gasteiger partial charge in [-0.2, -0.15) is 5.10 Å². The molecule has 0 aliphatic carbocycles. The minimum Gasteiger partial charge on any atom is -0.241 e. The maximum Gasteiger partial charge on any atom is 0.0661 e. The molecule has 0 aliphatic heterocycles. The van der Waals surface area contributed by atoms with Crippen LogP contribution in [-0.2, 0) is 0 Å². The zero-order valence-corrected chi connectivity index (χ0v) is 4.86. The number of fused-ring (bicyclic) bond motifs is 1. The first kappa shape index (κ1) is 4.56. The zero-order chi connectivity index (χ0) is 6.10. The minimum atomic E-state index is 1.14. The molecule has 2 aromatic heterocycles. The van der Waals surface area contributed by atoms with E-state index in [2.05, 4.69) is 5.10 Å². The van der Waals surface area contributed by atoms with Crippen molar-refractivity contribution in [2.75, 3.05) is 0 Å². The molecule has 0 atom stereocenters. The van der Waals surface area contributed by atoms with E-state index in [4.69, 9.17) is 0 Å². The third kappa shape index (κ3) is 0.598. The van der Waals surface area contributed by atoms with Crippen LogP contribution in [0.25, 0.3) is 5.52 Å². The molecule has 0 N–H and O–H groups in total. The molecule has 44 valence electrons. The van der Waals surface area contributed by atoms with Gasteiger partial charge in [0.1, 0.15) is 0 Å². The Morgan fingerprint density at radius 1 is 1.22 bits per heavy atom. The molecule has 0 aromatic carbocycles. The molecule has 2 nitrogen and oxygen atoms in total. The van der Waals surface area contributed by atoms with Crippen LogP contribution in [0.4, 0.5) is 0 Å². The van der Waals surface area contributed by atoms with Gasteiger partial charge in [-0.1, -0.05) is 6.07 Å². The Labute approximate surface area is 52.7 Å². The number of nitrogens with zero attached hydrogens (tertiary/aromatic N) is 2. The Morgan fingerprint density at radius 2 is 2.22 bits per heavy atom. The molecule has 0 aliphatic rings. The molecular formula is C7H6N2. The SMILES string of the molecule is c1ccn2nccc2c1. The fourth-order valence-corrected chi connectivity index (χ4v) is 0.866. The monoisotopic (exact) mass is 118 g/mol. The standard InChI is InChI=1S/C7H6N2/c1-2-6-9-7(3-1)4-5-8-9/h1-6H. The molecule has 0 bridgehead atoms. The summed E-state index contributed by atoms with van der Waals surface area (Å²) >= 11 is 0. The van der Waals surface area contributed by atoms with Gasteiger partial charge in [-0.05, 0) is 18.2 Å². The van der Waals surface area contributed by atoms with Crippen LogP contribution in [-0.4, -0.2) is 9.61 Å². The number of rotatable bonds is 0. The minimum absolute atomic E-state index is 1.14. The number of aromatic nitrogens is 2. The topological polar surface area (TPSA) is 17.3 Å². The van der Waals surface area contributed by atoms with Gasteiger partial charge in [-0.25, -0.2) is 4.52 Å². The van der Waals surface area contributed by atoms with E-state index in [-0.39, 0.29) is 0 Å². The first-order chi connectivity index (χ1) is 4.47. The molecule has 0 amide bonds. The summed E-state index contributed by atoms with van der Waals surface area (Å²) in [6, 6.07) is 7.95. The summed E-state index contributed by atoms with van der Waals surface area (Å²) in [5.74, 6) is 0. The molecule has 2 rings (SSSR count). The third-order valence-electron chi connectivity index (χ3n) is 1.31. The summed E-state index contributed by atoms with van der Waals surface area (Å²) in [5, 5.41) is 4.04. The van der Waals surface area contributed by atoms with E-state index in [1.165, 1.54) is 0 Å². The lowest BCUT2D eigenvalue weighted by Crippen LogP contribution is -1.81. The van der Waals surface area contributed by atoms with E-state index < -0.39 is 0 Å². The van der Waals surface area contributed by atoms with Crippen molar-refractivity contribution in [1.29, 1.82) is 0 Å². The average Bonchev–Trinajstić information content (AvgIpc) is 2.33. The number of pyridine rings is 1. The van der Waals surface area contributed by atoms with E-state index in [9.17, 15) is 0 Å². The highest BCUT2D eigenvalue weighted by atomic mass is 15.2. The van der Waals surface area contributed by atoms with Gasteiger partial charge in [0.15, 0.2) is 0 Å². The summed E-state index contributed by atoms with van der Waals surface area (Å²) in [5.41, 5.74) is 1.14. The molecule has 2 heterocycles. The Hall–Kier alpha value is -1.31. The Morgan fingerprint density at radius 3 is 3.11 bits per heavy atom. The molecule has 0 fully saturated rings. The zero-order valence-electron chi connectivity index (χ0n) is 4.86. The predicted molar refractivity (Wildman–Crippen MR) is 35.2 cm³/mol. The van der Waals surface area contributed by atoms with Gasteiger partial charge in [0, 0.05) is 12.4 Å². The quantitative estimate of drug-likeness (QED) is 0.510. The summed E-state index contributed by atoms with van der Waals surface area (Å²) in [4.78, 5) is 0. The van der Waals surface area contributed by atoms with Gasteiger partial charge in [-0.15, -0.1) is 0 Å². The fourth-order valence-electron chi connectivity index (χ4n) is 0.866. The molecule has 2 aromatic rings. The highest BCUT2D eigenvalue weighted by Gasteiger charge is 1.85. The van der Waals surface area contributed by atoms with Crippen LogP contribution in [0.3, 0.4) is 0 Å². The van der Waals surface area contributed by atoms with Crippen molar-refractivity contribution in [3.05, 3.63) is 36.7 Å². The van der Waals surface area contributed by atoms with E-state index >= 15 is 0 Å². The Balaban J connectivity index is 2.95. The number of hydrogen-bond donors (Lipinski definition) is 0. The van der Waals surface area contributed by atoms with E-state index in [1.54, 1.807) is 6.20 Å². The second-order valence-corrected chi connectivity index (χ2v) is 1.90. The first-order valence-electron chi connectivity index (χ1n) is 2.85. The molecular weight excluding hydrogens is 112 g/mol. The van der Waals surface area contributed by atoms with Crippen LogP contribution in [0.15, 0.2) is 36.7 Å². The summed E-state index contributed by atoms with van der Waals surface area (Å²) in [7, 11) is 0. The third-order valence-corrected chi connectivity index (χ3v) is 1.31. The fraction of sp³-hybridized carbons (Fsp3) is 0. The highest BCUT2D eigenvalue weighted by Crippen LogP contribution is 1.98. The van der Waals surface area contributed by atoms with Gasteiger partial charge in [0.05, 0.1) is 5.52 Å². The van der Waals surface area contributed by atoms with Crippen molar-refractivity contribution in [2.24, 2.45) is 0 Å². The van der Waals surface area contributed by atoms with Crippen LogP contribution in [0.2, 0.25) is 0 Å². The largest absolute Gasteiger partial charge is 0.241 e. The van der Waals surface area contributed by atoms with Crippen LogP contribution in [0.1, 0.15) is 0 Å². The van der Waals surface area contributed by atoms with Crippen LogP contribution in [0, 0.1) is 0 Å². The first-order valence-corrected chi connectivity index (χ1v) is 2.85. The van der Waals surface area contributed by atoms with Crippen molar-refractivity contribution >= 4 is 5.52 Å². The van der Waals surface area contributed by atoms with Crippen LogP contribution >= 0.6 is 0 Å². The van der Waals surface area contributed by atoms with Gasteiger partial charge in [0.25, 0.3) is 0 Å². The summed E-state index contributed by atoms with van der Waals surface area (Å²) in [6.07, 6.45) is 3.71. The second kappa shape index (κ2) is 1.58. The maximum absolute atomic E-state index is 4.04. The lowest BCUT2D eigenvalue weighted by Gasteiger charge is -1.86. The van der Waals surface area contributed by atoms with Crippen molar-refractivity contribution < 1.29 is 0 Å². The van der Waals surface area contributed by atoms with Gasteiger partial charge in [0.2, 0.25) is 0 Å². The highest BCUT2D eigenvalue weighted by molar-refractivity contribution is 5.44. The summed E-state index contributed by atoms with van der Waals surface area (Å²) in [6.45, 7) is 0. The van der Waals surface area contributed by atoms with E-state index in [1.807, 2.05) is 35.0 Å². The van der Waals surface area contributed by atoms with Crippen LogP contribution in [0.5, 0.6) is 0 Å².